The van der Waals surface area contributed by atoms with Crippen LogP contribution in [0, 0.1) is 0 Å². The number of anilines is 1. The molecule has 0 heterocycles. The highest BCUT2D eigenvalue weighted by molar-refractivity contribution is 9.10. The molecule has 0 saturated heterocycles. The summed E-state index contributed by atoms with van der Waals surface area (Å²) in [5.41, 5.74) is 2.40. The molecule has 2 aromatic rings. The van der Waals surface area contributed by atoms with Gasteiger partial charge in [0.05, 0.1) is 5.75 Å². The second-order valence-electron chi connectivity index (χ2n) is 6.00. The highest BCUT2D eigenvalue weighted by atomic mass is 79.9. The second-order valence-corrected chi connectivity index (χ2v) is 7.90. The maximum Gasteiger partial charge on any atom is 0.251 e. The minimum absolute atomic E-state index is 0.0697. The van der Waals surface area contributed by atoms with Crippen LogP contribution in [0.4, 0.5) is 5.69 Å². The molecule has 25 heavy (non-hydrogen) atoms. The van der Waals surface area contributed by atoms with Crippen LogP contribution in [0.25, 0.3) is 0 Å². The summed E-state index contributed by atoms with van der Waals surface area (Å²) in [4.78, 5) is 24.2. The van der Waals surface area contributed by atoms with Crippen LogP contribution in [0.3, 0.4) is 0 Å². The van der Waals surface area contributed by atoms with E-state index < -0.39 is 0 Å². The van der Waals surface area contributed by atoms with E-state index in [1.54, 1.807) is 36.0 Å². The second kappa shape index (κ2) is 8.54. The van der Waals surface area contributed by atoms with Gasteiger partial charge in [0, 0.05) is 27.5 Å². The molecule has 2 N–H and O–H groups in total. The minimum Gasteiger partial charge on any atom is -0.349 e. The fourth-order valence-electron chi connectivity index (χ4n) is 2.32. The molecule has 0 unspecified atom stereocenters. The summed E-state index contributed by atoms with van der Waals surface area (Å²) in [6.07, 6.45) is 2.11. The number of amides is 2. The zero-order valence-electron chi connectivity index (χ0n) is 13.6. The standard InChI is InChI=1S/C19H19BrN2O2S/c20-15-5-1-3-13(9-15)11-25-12-18(23)21-17-6-2-4-14(10-17)19(24)22-16-7-8-16/h1-6,9-10,16H,7-8,11-12H2,(H,21,23)(H,22,24). The normalized spacial score (nSPS) is 13.3. The Morgan fingerprint density at radius 3 is 2.68 bits per heavy atom. The van der Waals surface area contributed by atoms with E-state index in [4.69, 9.17) is 0 Å². The Kier molecular flexibility index (Phi) is 6.15. The van der Waals surface area contributed by atoms with Crippen molar-refractivity contribution in [1.29, 1.82) is 0 Å². The first-order valence-corrected chi connectivity index (χ1v) is 10.1. The molecule has 0 aromatic heterocycles. The van der Waals surface area contributed by atoms with E-state index in [1.807, 2.05) is 24.3 Å². The highest BCUT2D eigenvalue weighted by Gasteiger charge is 2.23. The molecule has 3 rings (SSSR count). The molecule has 2 aromatic carbocycles. The smallest absolute Gasteiger partial charge is 0.251 e. The first kappa shape index (κ1) is 18.0. The summed E-state index contributed by atoms with van der Waals surface area (Å²) in [6, 6.07) is 15.4. The lowest BCUT2D eigenvalue weighted by molar-refractivity contribution is -0.113. The van der Waals surface area contributed by atoms with Crippen molar-refractivity contribution in [2.75, 3.05) is 11.1 Å². The van der Waals surface area contributed by atoms with Crippen molar-refractivity contribution in [3.05, 3.63) is 64.1 Å². The average Bonchev–Trinajstić information content (AvgIpc) is 3.39. The zero-order valence-corrected chi connectivity index (χ0v) is 16.0. The van der Waals surface area contributed by atoms with Crippen LogP contribution < -0.4 is 10.6 Å². The average molecular weight is 419 g/mol. The van der Waals surface area contributed by atoms with Crippen LogP contribution in [-0.2, 0) is 10.5 Å². The number of hydrogen-bond donors (Lipinski definition) is 2. The van der Waals surface area contributed by atoms with Gasteiger partial charge in [-0.15, -0.1) is 11.8 Å². The Morgan fingerprint density at radius 1 is 1.12 bits per heavy atom. The summed E-state index contributed by atoms with van der Waals surface area (Å²) in [5.74, 6) is 0.990. The number of carbonyl (C=O) groups excluding carboxylic acids is 2. The molecule has 1 aliphatic rings. The van der Waals surface area contributed by atoms with Gasteiger partial charge in [-0.2, -0.15) is 0 Å². The summed E-state index contributed by atoms with van der Waals surface area (Å²) >= 11 is 5.00. The van der Waals surface area contributed by atoms with Gasteiger partial charge >= 0.3 is 0 Å². The van der Waals surface area contributed by atoms with Crippen molar-refractivity contribution in [2.24, 2.45) is 0 Å². The molecule has 0 radical (unpaired) electrons. The molecule has 0 aliphatic heterocycles. The first-order chi connectivity index (χ1) is 12.1. The van der Waals surface area contributed by atoms with Gasteiger partial charge < -0.3 is 10.6 Å². The predicted molar refractivity (Wildman–Crippen MR) is 106 cm³/mol. The van der Waals surface area contributed by atoms with Crippen molar-refractivity contribution < 1.29 is 9.59 Å². The van der Waals surface area contributed by atoms with Crippen molar-refractivity contribution in [3.63, 3.8) is 0 Å². The lowest BCUT2D eigenvalue weighted by Crippen LogP contribution is -2.25. The van der Waals surface area contributed by atoms with Gasteiger partial charge in [0.15, 0.2) is 0 Å². The van der Waals surface area contributed by atoms with E-state index in [0.717, 1.165) is 23.1 Å². The molecular weight excluding hydrogens is 400 g/mol. The number of halogens is 1. The maximum absolute atomic E-state index is 12.1. The zero-order chi connectivity index (χ0) is 17.6. The van der Waals surface area contributed by atoms with Gasteiger partial charge in [0.2, 0.25) is 5.91 Å². The number of rotatable bonds is 7. The van der Waals surface area contributed by atoms with Crippen LogP contribution in [0.15, 0.2) is 53.0 Å². The van der Waals surface area contributed by atoms with E-state index in [0.29, 0.717) is 23.0 Å². The van der Waals surface area contributed by atoms with Crippen LogP contribution in [0.2, 0.25) is 0 Å². The highest BCUT2D eigenvalue weighted by Crippen LogP contribution is 2.20. The SMILES string of the molecule is O=C(CSCc1cccc(Br)c1)Nc1cccc(C(=O)NC2CC2)c1. The van der Waals surface area contributed by atoms with Crippen molar-refractivity contribution in [3.8, 4) is 0 Å². The van der Waals surface area contributed by atoms with E-state index in [9.17, 15) is 9.59 Å². The lowest BCUT2D eigenvalue weighted by Gasteiger charge is -2.08. The van der Waals surface area contributed by atoms with Gasteiger partial charge in [0.25, 0.3) is 5.91 Å². The topological polar surface area (TPSA) is 58.2 Å². The molecule has 0 atom stereocenters. The Hall–Kier alpha value is -1.79. The third-order valence-corrected chi connectivity index (χ3v) is 5.21. The Balaban J connectivity index is 1.48. The van der Waals surface area contributed by atoms with Gasteiger partial charge in [-0.25, -0.2) is 0 Å². The van der Waals surface area contributed by atoms with E-state index in [1.165, 1.54) is 5.56 Å². The van der Waals surface area contributed by atoms with Crippen molar-refractivity contribution in [2.45, 2.75) is 24.6 Å². The van der Waals surface area contributed by atoms with Crippen molar-refractivity contribution in [1.82, 2.24) is 5.32 Å². The fourth-order valence-corrected chi connectivity index (χ4v) is 3.54. The summed E-state index contributed by atoms with van der Waals surface area (Å²) < 4.78 is 1.04. The quantitative estimate of drug-likeness (QED) is 0.707. The third kappa shape index (κ3) is 5.90. The number of carbonyl (C=O) groups is 2. The number of nitrogens with one attached hydrogen (secondary N) is 2. The summed E-state index contributed by atoms with van der Waals surface area (Å²) in [6.45, 7) is 0. The van der Waals surface area contributed by atoms with Crippen LogP contribution in [0.1, 0.15) is 28.8 Å². The van der Waals surface area contributed by atoms with Gasteiger partial charge in [-0.3, -0.25) is 9.59 Å². The molecule has 2 amide bonds. The molecule has 1 saturated carbocycles. The molecule has 0 spiro atoms. The van der Waals surface area contributed by atoms with Gasteiger partial charge in [-0.1, -0.05) is 34.1 Å². The molecule has 1 aliphatic carbocycles. The number of hydrogen-bond acceptors (Lipinski definition) is 3. The van der Waals surface area contributed by atoms with E-state index >= 15 is 0 Å². The molecule has 4 nitrogen and oxygen atoms in total. The number of benzene rings is 2. The van der Waals surface area contributed by atoms with Gasteiger partial charge in [0.1, 0.15) is 0 Å². The minimum atomic E-state index is -0.0809. The molecule has 0 bridgehead atoms. The van der Waals surface area contributed by atoms with Crippen LogP contribution >= 0.6 is 27.7 Å². The van der Waals surface area contributed by atoms with Crippen LogP contribution in [-0.4, -0.2) is 23.6 Å². The molecule has 130 valence electrons. The fraction of sp³-hybridized carbons (Fsp3) is 0.263. The third-order valence-electron chi connectivity index (χ3n) is 3.71. The lowest BCUT2D eigenvalue weighted by atomic mass is 10.2. The first-order valence-electron chi connectivity index (χ1n) is 8.13. The molecular formula is C19H19BrN2O2S. The summed E-state index contributed by atoms with van der Waals surface area (Å²) in [7, 11) is 0. The van der Waals surface area contributed by atoms with Crippen LogP contribution in [0.5, 0.6) is 0 Å². The maximum atomic E-state index is 12.1. The predicted octanol–water partition coefficient (Wildman–Crippen LogP) is 4.21. The largest absolute Gasteiger partial charge is 0.349 e. The monoisotopic (exact) mass is 418 g/mol. The molecule has 1 fully saturated rings. The Bertz CT molecular complexity index is 778. The van der Waals surface area contributed by atoms with Crippen molar-refractivity contribution >= 4 is 45.2 Å². The summed E-state index contributed by atoms with van der Waals surface area (Å²) in [5, 5.41) is 5.80. The van der Waals surface area contributed by atoms with E-state index in [2.05, 4.69) is 26.6 Å². The Morgan fingerprint density at radius 2 is 1.92 bits per heavy atom. The number of thioether (sulfide) groups is 1. The van der Waals surface area contributed by atoms with Gasteiger partial charge in [-0.05, 0) is 48.7 Å². The van der Waals surface area contributed by atoms with E-state index in [-0.39, 0.29) is 11.8 Å². The Labute approximate surface area is 159 Å². The molecule has 6 heteroatoms.